The molecular weight excluding hydrogens is 424 g/mol. The highest BCUT2D eigenvalue weighted by Crippen LogP contribution is 2.36. The summed E-state index contributed by atoms with van der Waals surface area (Å²) in [6, 6.07) is 15.7. The van der Waals surface area contributed by atoms with Gasteiger partial charge in [-0.05, 0) is 77.8 Å². The lowest BCUT2D eigenvalue weighted by atomic mass is 9.85. The number of nitrogens with one attached hydrogen (secondary N) is 1. The topological polar surface area (TPSA) is 65.0 Å². The predicted molar refractivity (Wildman–Crippen MR) is 138 cm³/mol. The first-order chi connectivity index (χ1) is 16.7. The van der Waals surface area contributed by atoms with E-state index in [1.165, 1.54) is 11.1 Å². The molecule has 0 aromatic heterocycles. The van der Waals surface area contributed by atoms with Crippen LogP contribution in [0.3, 0.4) is 0 Å². The summed E-state index contributed by atoms with van der Waals surface area (Å²) in [6.45, 7) is 6.02. The molecule has 3 N–H and O–H groups in total. The fraction of sp³-hybridized carbons (Fsp3) is 0.379. The number of nitrogens with zero attached hydrogens (tertiary/aromatic N) is 1. The SMILES string of the molecule is OCCC/C(C1=CCCC=C1)=C(\c1ccc(O)cc1)c1ccc(OCCN2CCNCC2)cc1. The minimum atomic E-state index is 0.156. The predicted octanol–water partition coefficient (Wildman–Crippen LogP) is 4.53. The van der Waals surface area contributed by atoms with E-state index in [2.05, 4.69) is 40.6 Å². The van der Waals surface area contributed by atoms with Gasteiger partial charge in [-0.1, -0.05) is 42.5 Å². The van der Waals surface area contributed by atoms with Gasteiger partial charge in [0.1, 0.15) is 18.1 Å². The summed E-state index contributed by atoms with van der Waals surface area (Å²) in [6.07, 6.45) is 10.3. The fourth-order valence-corrected chi connectivity index (χ4v) is 4.60. The average Bonchev–Trinajstić information content (AvgIpc) is 2.89. The number of piperazine rings is 1. The van der Waals surface area contributed by atoms with Crippen molar-refractivity contribution >= 4 is 5.57 Å². The quantitative estimate of drug-likeness (QED) is 0.486. The number of aromatic hydroxyl groups is 1. The number of benzene rings is 2. The van der Waals surface area contributed by atoms with Gasteiger partial charge in [0.15, 0.2) is 0 Å². The molecule has 1 saturated heterocycles. The van der Waals surface area contributed by atoms with Crippen LogP contribution in [-0.2, 0) is 0 Å². The molecule has 0 amide bonds. The first kappa shape index (κ1) is 24.3. The molecule has 1 aliphatic heterocycles. The van der Waals surface area contributed by atoms with Gasteiger partial charge in [0.25, 0.3) is 0 Å². The van der Waals surface area contributed by atoms with Crippen molar-refractivity contribution in [3.05, 3.63) is 89.0 Å². The number of allylic oxidation sites excluding steroid dienone is 5. The Balaban J connectivity index is 1.60. The van der Waals surface area contributed by atoms with Crippen molar-refractivity contribution in [1.82, 2.24) is 10.2 Å². The van der Waals surface area contributed by atoms with Crippen LogP contribution >= 0.6 is 0 Å². The maximum atomic E-state index is 9.86. The molecule has 1 fully saturated rings. The van der Waals surface area contributed by atoms with Crippen molar-refractivity contribution in [3.63, 3.8) is 0 Å². The third kappa shape index (κ3) is 6.60. The molecule has 1 aliphatic carbocycles. The zero-order valence-electron chi connectivity index (χ0n) is 19.9. The van der Waals surface area contributed by atoms with Crippen LogP contribution in [0.4, 0.5) is 0 Å². The summed E-state index contributed by atoms with van der Waals surface area (Å²) < 4.78 is 6.04. The Bertz CT molecular complexity index is 1000. The highest BCUT2D eigenvalue weighted by Gasteiger charge is 2.16. The first-order valence-electron chi connectivity index (χ1n) is 12.4. The van der Waals surface area contributed by atoms with Crippen molar-refractivity contribution in [2.75, 3.05) is 45.9 Å². The van der Waals surface area contributed by atoms with Crippen LogP contribution in [0.1, 0.15) is 36.8 Å². The van der Waals surface area contributed by atoms with Gasteiger partial charge in [-0.3, -0.25) is 4.90 Å². The second kappa shape index (κ2) is 12.6. The number of phenols is 1. The molecule has 5 nitrogen and oxygen atoms in total. The molecule has 0 radical (unpaired) electrons. The third-order valence-electron chi connectivity index (χ3n) is 6.41. The molecule has 1 heterocycles. The molecule has 34 heavy (non-hydrogen) atoms. The van der Waals surface area contributed by atoms with E-state index in [1.807, 2.05) is 24.3 Å². The highest BCUT2D eigenvalue weighted by molar-refractivity contribution is 5.85. The summed E-state index contributed by atoms with van der Waals surface area (Å²) in [7, 11) is 0. The molecule has 0 atom stereocenters. The molecule has 0 unspecified atom stereocenters. The molecule has 0 bridgehead atoms. The van der Waals surface area contributed by atoms with E-state index >= 15 is 0 Å². The van der Waals surface area contributed by atoms with Crippen LogP contribution in [0.2, 0.25) is 0 Å². The van der Waals surface area contributed by atoms with E-state index in [0.717, 1.165) is 74.4 Å². The van der Waals surface area contributed by atoms with Gasteiger partial charge in [-0.2, -0.15) is 0 Å². The normalized spacial score (nSPS) is 17.3. The maximum Gasteiger partial charge on any atom is 0.119 e. The standard InChI is InChI=1S/C29H36N2O3/c32-21-4-7-28(23-5-2-1-3-6-23)29(24-8-12-26(33)13-9-24)25-10-14-27(15-11-25)34-22-20-31-18-16-30-17-19-31/h2,5-6,8-15,30,32-33H,1,3-4,7,16-22H2/b29-28-. The minimum Gasteiger partial charge on any atom is -0.508 e. The van der Waals surface area contributed by atoms with Gasteiger partial charge in [0.2, 0.25) is 0 Å². The average molecular weight is 461 g/mol. The number of phenolic OH excluding ortho intramolecular Hbond substituents is 1. The van der Waals surface area contributed by atoms with Gasteiger partial charge in [0, 0.05) is 39.3 Å². The third-order valence-corrected chi connectivity index (χ3v) is 6.41. The lowest BCUT2D eigenvalue weighted by Gasteiger charge is -2.26. The van der Waals surface area contributed by atoms with Gasteiger partial charge in [0.05, 0.1) is 0 Å². The maximum absolute atomic E-state index is 9.86. The first-order valence-corrected chi connectivity index (χ1v) is 12.4. The van der Waals surface area contributed by atoms with Gasteiger partial charge < -0.3 is 20.3 Å². The monoisotopic (exact) mass is 460 g/mol. The van der Waals surface area contributed by atoms with E-state index < -0.39 is 0 Å². The Kier molecular flexibility index (Phi) is 8.97. The number of rotatable bonds is 10. The van der Waals surface area contributed by atoms with E-state index in [-0.39, 0.29) is 12.4 Å². The van der Waals surface area contributed by atoms with Crippen molar-refractivity contribution in [2.45, 2.75) is 25.7 Å². The van der Waals surface area contributed by atoms with Crippen molar-refractivity contribution in [2.24, 2.45) is 0 Å². The summed E-state index contributed by atoms with van der Waals surface area (Å²) in [5.74, 6) is 1.13. The van der Waals surface area contributed by atoms with Crippen molar-refractivity contribution < 1.29 is 14.9 Å². The van der Waals surface area contributed by atoms with E-state index in [9.17, 15) is 10.2 Å². The summed E-state index contributed by atoms with van der Waals surface area (Å²) >= 11 is 0. The van der Waals surface area contributed by atoms with Crippen molar-refractivity contribution in [1.29, 1.82) is 0 Å². The van der Waals surface area contributed by atoms with Crippen LogP contribution in [0.5, 0.6) is 11.5 Å². The summed E-state index contributed by atoms with van der Waals surface area (Å²) in [4.78, 5) is 2.43. The van der Waals surface area contributed by atoms with Crippen LogP contribution in [0, 0.1) is 0 Å². The highest BCUT2D eigenvalue weighted by atomic mass is 16.5. The molecule has 4 rings (SSSR count). The van der Waals surface area contributed by atoms with E-state index in [4.69, 9.17) is 4.74 Å². The lowest BCUT2D eigenvalue weighted by molar-refractivity contribution is 0.191. The lowest BCUT2D eigenvalue weighted by Crippen LogP contribution is -2.44. The Hall–Kier alpha value is -2.86. The molecule has 2 aliphatic rings. The molecular formula is C29H36N2O3. The molecule has 2 aromatic rings. The molecule has 5 heteroatoms. The van der Waals surface area contributed by atoms with Crippen LogP contribution in [0.25, 0.3) is 5.57 Å². The zero-order chi connectivity index (χ0) is 23.6. The Morgan fingerprint density at radius 2 is 1.65 bits per heavy atom. The second-order valence-electron chi connectivity index (χ2n) is 8.83. The van der Waals surface area contributed by atoms with E-state index in [0.29, 0.717) is 13.0 Å². The number of ether oxygens (including phenoxy) is 1. The van der Waals surface area contributed by atoms with Crippen molar-refractivity contribution in [3.8, 4) is 11.5 Å². The Morgan fingerprint density at radius 3 is 2.29 bits per heavy atom. The fourth-order valence-electron chi connectivity index (χ4n) is 4.60. The molecule has 0 spiro atoms. The van der Waals surface area contributed by atoms with Crippen LogP contribution in [-0.4, -0.2) is 61.1 Å². The molecule has 180 valence electrons. The second-order valence-corrected chi connectivity index (χ2v) is 8.83. The van der Waals surface area contributed by atoms with Crippen LogP contribution in [0.15, 0.2) is 77.9 Å². The Labute approximate surface area is 203 Å². The number of aliphatic hydroxyl groups is 1. The van der Waals surface area contributed by atoms with Gasteiger partial charge in [-0.25, -0.2) is 0 Å². The molecule has 2 aromatic carbocycles. The smallest absolute Gasteiger partial charge is 0.119 e. The van der Waals surface area contributed by atoms with Crippen LogP contribution < -0.4 is 10.1 Å². The van der Waals surface area contributed by atoms with Gasteiger partial charge >= 0.3 is 0 Å². The van der Waals surface area contributed by atoms with Gasteiger partial charge in [-0.15, -0.1) is 0 Å². The number of hydrogen-bond donors (Lipinski definition) is 3. The summed E-state index contributed by atoms with van der Waals surface area (Å²) in [5.41, 5.74) is 5.74. The number of aliphatic hydroxyl groups excluding tert-OH is 1. The minimum absolute atomic E-state index is 0.156. The molecule has 0 saturated carbocycles. The largest absolute Gasteiger partial charge is 0.508 e. The Morgan fingerprint density at radius 1 is 0.941 bits per heavy atom. The zero-order valence-corrected chi connectivity index (χ0v) is 19.9. The van der Waals surface area contributed by atoms with E-state index in [1.54, 1.807) is 12.1 Å². The summed E-state index contributed by atoms with van der Waals surface area (Å²) in [5, 5.41) is 22.8. The number of hydrogen-bond acceptors (Lipinski definition) is 5.